The van der Waals surface area contributed by atoms with Crippen molar-refractivity contribution in [2.45, 2.75) is 44.6 Å². The normalized spacial score (nSPS) is 29.4. The van der Waals surface area contributed by atoms with Gasteiger partial charge in [-0.3, -0.25) is 4.79 Å². The van der Waals surface area contributed by atoms with E-state index in [-0.39, 0.29) is 5.75 Å². The topological polar surface area (TPSA) is 123 Å². The zero-order valence-corrected chi connectivity index (χ0v) is 13.7. The average Bonchev–Trinajstić information content (AvgIpc) is 2.55. The summed E-state index contributed by atoms with van der Waals surface area (Å²) in [5.41, 5.74) is 0.639. The lowest BCUT2D eigenvalue weighted by Gasteiger charge is -2.40. The number of benzene rings is 1. The van der Waals surface area contributed by atoms with Gasteiger partial charge in [0.2, 0.25) is 0 Å². The number of carbonyl (C=O) groups is 2. The molecule has 1 aromatic carbocycles. The van der Waals surface area contributed by atoms with Gasteiger partial charge in [0.25, 0.3) is 0 Å². The SMILES string of the molecule is CC(=O)O[C@@H]1[C@H](O)[C@@H](C)O[C@@H](O)[C@@H]1OC(=O)/C=C/c1ccc(O)cc1. The number of aromatic hydroxyl groups is 1. The Balaban J connectivity index is 2.07. The summed E-state index contributed by atoms with van der Waals surface area (Å²) in [6.45, 7) is 2.63. The van der Waals surface area contributed by atoms with Crippen LogP contribution in [0.2, 0.25) is 0 Å². The summed E-state index contributed by atoms with van der Waals surface area (Å²) in [6, 6.07) is 6.09. The molecule has 1 heterocycles. The van der Waals surface area contributed by atoms with Gasteiger partial charge in [-0.1, -0.05) is 12.1 Å². The number of carbonyl (C=O) groups excluding carboxylic acids is 2. The molecule has 1 aromatic rings. The largest absolute Gasteiger partial charge is 0.508 e. The van der Waals surface area contributed by atoms with E-state index in [2.05, 4.69) is 0 Å². The number of phenols is 1. The van der Waals surface area contributed by atoms with Crippen LogP contribution in [0.5, 0.6) is 5.75 Å². The van der Waals surface area contributed by atoms with E-state index in [0.717, 1.165) is 13.0 Å². The number of hydrogen-bond acceptors (Lipinski definition) is 8. The molecule has 136 valence electrons. The maximum absolute atomic E-state index is 12.0. The van der Waals surface area contributed by atoms with Crippen LogP contribution in [0.1, 0.15) is 19.4 Å². The molecule has 1 saturated heterocycles. The minimum atomic E-state index is -1.55. The molecule has 1 aliphatic rings. The van der Waals surface area contributed by atoms with Gasteiger partial charge >= 0.3 is 11.9 Å². The Labute approximate surface area is 144 Å². The molecule has 0 unspecified atom stereocenters. The monoisotopic (exact) mass is 352 g/mol. The summed E-state index contributed by atoms with van der Waals surface area (Å²) >= 11 is 0. The molecular formula is C17H20O8. The smallest absolute Gasteiger partial charge is 0.331 e. The van der Waals surface area contributed by atoms with Gasteiger partial charge in [-0.05, 0) is 30.7 Å². The number of rotatable bonds is 4. The van der Waals surface area contributed by atoms with Crippen LogP contribution < -0.4 is 0 Å². The Hall–Kier alpha value is -2.42. The number of hydrogen-bond donors (Lipinski definition) is 3. The van der Waals surface area contributed by atoms with Crippen molar-refractivity contribution in [3.8, 4) is 5.75 Å². The highest BCUT2D eigenvalue weighted by Crippen LogP contribution is 2.25. The van der Waals surface area contributed by atoms with E-state index in [4.69, 9.17) is 14.2 Å². The molecule has 0 bridgehead atoms. The second-order valence-corrected chi connectivity index (χ2v) is 5.62. The summed E-state index contributed by atoms with van der Waals surface area (Å²) in [6.07, 6.45) is -3.68. The Morgan fingerprint density at radius 1 is 1.12 bits per heavy atom. The zero-order valence-electron chi connectivity index (χ0n) is 13.7. The molecule has 0 aromatic heterocycles. The molecule has 0 saturated carbocycles. The molecule has 3 N–H and O–H groups in total. The fourth-order valence-corrected chi connectivity index (χ4v) is 2.38. The maximum atomic E-state index is 12.0. The van der Waals surface area contributed by atoms with Crippen LogP contribution in [-0.4, -0.2) is 58.0 Å². The van der Waals surface area contributed by atoms with E-state index >= 15 is 0 Å². The van der Waals surface area contributed by atoms with Crippen LogP contribution in [0.15, 0.2) is 30.3 Å². The third-order valence-corrected chi connectivity index (χ3v) is 3.64. The summed E-state index contributed by atoms with van der Waals surface area (Å²) in [5, 5.41) is 29.2. The first-order valence-electron chi connectivity index (χ1n) is 7.64. The van der Waals surface area contributed by atoms with Crippen LogP contribution in [0, 0.1) is 0 Å². The standard InChI is InChI=1S/C17H20O8/c1-9-14(21)15(24-10(2)18)16(17(22)23-9)25-13(20)8-5-11-3-6-12(19)7-4-11/h3-9,14-17,19,21-22H,1-2H3/b8-5+/t9-,14-,15-,16-,17-/m1/s1. The molecule has 0 spiro atoms. The van der Waals surface area contributed by atoms with Crippen molar-refractivity contribution in [1.29, 1.82) is 0 Å². The third-order valence-electron chi connectivity index (χ3n) is 3.64. The first-order chi connectivity index (χ1) is 11.8. The summed E-state index contributed by atoms with van der Waals surface area (Å²) < 4.78 is 15.2. The molecule has 25 heavy (non-hydrogen) atoms. The van der Waals surface area contributed by atoms with Gasteiger partial charge < -0.3 is 29.5 Å². The Kier molecular flexibility index (Phi) is 6.13. The van der Waals surface area contributed by atoms with Crippen molar-refractivity contribution < 1.29 is 39.1 Å². The molecule has 0 amide bonds. The number of aliphatic hydroxyl groups excluding tert-OH is 2. The van der Waals surface area contributed by atoms with E-state index in [9.17, 15) is 24.9 Å². The van der Waals surface area contributed by atoms with E-state index in [1.54, 1.807) is 12.1 Å². The lowest BCUT2D eigenvalue weighted by Crippen LogP contribution is -2.59. The minimum Gasteiger partial charge on any atom is -0.508 e. The van der Waals surface area contributed by atoms with Gasteiger partial charge in [-0.25, -0.2) is 4.79 Å². The highest BCUT2D eigenvalue weighted by atomic mass is 16.7. The quantitative estimate of drug-likeness (QED) is 0.524. The lowest BCUT2D eigenvalue weighted by molar-refractivity contribution is -0.284. The highest BCUT2D eigenvalue weighted by molar-refractivity contribution is 5.87. The summed E-state index contributed by atoms with van der Waals surface area (Å²) in [7, 11) is 0. The number of esters is 2. The van der Waals surface area contributed by atoms with Gasteiger partial charge in [-0.15, -0.1) is 0 Å². The van der Waals surface area contributed by atoms with Gasteiger partial charge in [0, 0.05) is 13.0 Å². The molecular weight excluding hydrogens is 332 g/mol. The van der Waals surface area contributed by atoms with Crippen LogP contribution >= 0.6 is 0 Å². The number of phenolic OH excluding ortho intramolecular Hbond substituents is 1. The van der Waals surface area contributed by atoms with E-state index in [0.29, 0.717) is 5.56 Å². The van der Waals surface area contributed by atoms with Crippen molar-refractivity contribution in [3.63, 3.8) is 0 Å². The Morgan fingerprint density at radius 2 is 1.76 bits per heavy atom. The van der Waals surface area contributed by atoms with Crippen LogP contribution in [0.3, 0.4) is 0 Å². The van der Waals surface area contributed by atoms with Crippen LogP contribution in [0.25, 0.3) is 6.08 Å². The minimum absolute atomic E-state index is 0.0922. The molecule has 8 nitrogen and oxygen atoms in total. The zero-order chi connectivity index (χ0) is 18.6. The number of ether oxygens (including phenoxy) is 3. The highest BCUT2D eigenvalue weighted by Gasteiger charge is 2.47. The van der Waals surface area contributed by atoms with E-state index < -0.39 is 42.6 Å². The van der Waals surface area contributed by atoms with Crippen molar-refractivity contribution in [1.82, 2.24) is 0 Å². The second kappa shape index (κ2) is 8.11. The molecule has 5 atom stereocenters. The predicted molar refractivity (Wildman–Crippen MR) is 85.1 cm³/mol. The molecule has 8 heteroatoms. The molecule has 2 rings (SSSR count). The Bertz CT molecular complexity index is 639. The average molecular weight is 352 g/mol. The molecule has 1 fully saturated rings. The van der Waals surface area contributed by atoms with Crippen molar-refractivity contribution >= 4 is 18.0 Å². The van der Waals surface area contributed by atoms with Gasteiger partial charge in [0.05, 0.1) is 6.10 Å². The van der Waals surface area contributed by atoms with Crippen molar-refractivity contribution in [2.75, 3.05) is 0 Å². The van der Waals surface area contributed by atoms with Crippen molar-refractivity contribution in [3.05, 3.63) is 35.9 Å². The lowest BCUT2D eigenvalue weighted by atomic mass is 9.99. The molecule has 0 radical (unpaired) electrons. The third kappa shape index (κ3) is 5.02. The fourth-order valence-electron chi connectivity index (χ4n) is 2.38. The van der Waals surface area contributed by atoms with E-state index in [1.165, 1.54) is 25.1 Å². The molecule has 0 aliphatic carbocycles. The maximum Gasteiger partial charge on any atom is 0.331 e. The predicted octanol–water partition coefficient (Wildman–Crippen LogP) is 0.347. The van der Waals surface area contributed by atoms with Gasteiger partial charge in [0.1, 0.15) is 11.9 Å². The van der Waals surface area contributed by atoms with Gasteiger partial charge in [0.15, 0.2) is 18.5 Å². The second-order valence-electron chi connectivity index (χ2n) is 5.62. The number of aliphatic hydroxyl groups is 2. The summed E-state index contributed by atoms with van der Waals surface area (Å²) in [4.78, 5) is 23.2. The van der Waals surface area contributed by atoms with Crippen LogP contribution in [0.4, 0.5) is 0 Å². The Morgan fingerprint density at radius 3 is 2.36 bits per heavy atom. The van der Waals surface area contributed by atoms with Crippen LogP contribution in [-0.2, 0) is 23.8 Å². The summed E-state index contributed by atoms with van der Waals surface area (Å²) in [5.74, 6) is -1.42. The fraction of sp³-hybridized carbons (Fsp3) is 0.412. The van der Waals surface area contributed by atoms with Crippen molar-refractivity contribution in [2.24, 2.45) is 0 Å². The first-order valence-corrected chi connectivity index (χ1v) is 7.64. The molecule has 1 aliphatic heterocycles. The van der Waals surface area contributed by atoms with E-state index in [1.807, 2.05) is 0 Å². The van der Waals surface area contributed by atoms with Gasteiger partial charge in [-0.2, -0.15) is 0 Å². The first kappa shape index (κ1) is 18.9.